The third kappa shape index (κ3) is 6.12. The minimum absolute atomic E-state index is 0.143. The summed E-state index contributed by atoms with van der Waals surface area (Å²) in [5.74, 6) is 0. The third-order valence-corrected chi connectivity index (χ3v) is 5.19. The van der Waals surface area contributed by atoms with Crippen molar-refractivity contribution in [2.24, 2.45) is 0 Å². The maximum Gasteiger partial charge on any atom is 0.322 e. The van der Waals surface area contributed by atoms with Crippen LogP contribution < -0.4 is 5.32 Å². The summed E-state index contributed by atoms with van der Waals surface area (Å²) >= 11 is 6.12. The van der Waals surface area contributed by atoms with Gasteiger partial charge in [0.2, 0.25) is 0 Å². The summed E-state index contributed by atoms with van der Waals surface area (Å²) in [6.45, 7) is 4.24. The van der Waals surface area contributed by atoms with E-state index in [9.17, 15) is 4.79 Å². The van der Waals surface area contributed by atoms with Gasteiger partial charge in [-0.2, -0.15) is 0 Å². The second-order valence-electron chi connectivity index (χ2n) is 7.16. The van der Waals surface area contributed by atoms with Gasteiger partial charge in [0.25, 0.3) is 0 Å². The lowest BCUT2D eigenvalue weighted by atomic mass is 10.1. The lowest BCUT2D eigenvalue weighted by Crippen LogP contribution is -2.37. The van der Waals surface area contributed by atoms with Crippen LogP contribution in [0.3, 0.4) is 0 Å². The van der Waals surface area contributed by atoms with E-state index in [-0.39, 0.29) is 6.03 Å². The van der Waals surface area contributed by atoms with Gasteiger partial charge < -0.3 is 19.5 Å². The van der Waals surface area contributed by atoms with Crippen LogP contribution >= 0.6 is 11.6 Å². The number of urea groups is 1. The number of amides is 2. The molecule has 5 nitrogen and oxygen atoms in total. The van der Waals surface area contributed by atoms with E-state index in [2.05, 4.69) is 22.9 Å². The molecular formula is C24H28ClN3O2. The number of rotatable bonds is 9. The van der Waals surface area contributed by atoms with Crippen LogP contribution in [0, 0.1) is 0 Å². The fourth-order valence-corrected chi connectivity index (χ4v) is 3.51. The Morgan fingerprint density at radius 2 is 1.90 bits per heavy atom. The van der Waals surface area contributed by atoms with Gasteiger partial charge in [0.15, 0.2) is 0 Å². The highest BCUT2D eigenvalue weighted by Crippen LogP contribution is 2.16. The molecule has 3 aromatic rings. The predicted molar refractivity (Wildman–Crippen MR) is 122 cm³/mol. The zero-order valence-corrected chi connectivity index (χ0v) is 18.2. The van der Waals surface area contributed by atoms with Crippen molar-refractivity contribution in [3.05, 3.63) is 88.7 Å². The highest BCUT2D eigenvalue weighted by molar-refractivity contribution is 6.30. The van der Waals surface area contributed by atoms with Gasteiger partial charge in [-0.05, 0) is 53.9 Å². The van der Waals surface area contributed by atoms with Gasteiger partial charge in [-0.25, -0.2) is 4.79 Å². The molecule has 0 fully saturated rings. The van der Waals surface area contributed by atoms with E-state index in [0.717, 1.165) is 28.4 Å². The maximum atomic E-state index is 13.0. The van der Waals surface area contributed by atoms with Gasteiger partial charge in [0, 0.05) is 42.8 Å². The normalized spacial score (nSPS) is 10.8. The van der Waals surface area contributed by atoms with E-state index >= 15 is 0 Å². The number of carbonyl (C=O) groups is 1. The average Bonchev–Trinajstić information content (AvgIpc) is 3.17. The molecule has 0 aliphatic carbocycles. The van der Waals surface area contributed by atoms with E-state index in [1.54, 1.807) is 12.0 Å². The van der Waals surface area contributed by atoms with E-state index in [4.69, 9.17) is 16.3 Å². The molecule has 158 valence electrons. The lowest BCUT2D eigenvalue weighted by Gasteiger charge is -2.24. The Kier molecular flexibility index (Phi) is 7.94. The number of benzene rings is 2. The number of carbonyl (C=O) groups excluding carboxylic acids is 1. The molecule has 0 spiro atoms. The summed E-state index contributed by atoms with van der Waals surface area (Å²) in [4.78, 5) is 14.8. The first-order valence-corrected chi connectivity index (χ1v) is 10.5. The van der Waals surface area contributed by atoms with Crippen LogP contribution in [-0.2, 0) is 24.2 Å². The predicted octanol–water partition coefficient (Wildman–Crippen LogP) is 5.43. The molecule has 0 aliphatic rings. The Balaban J connectivity index is 1.73. The smallest absolute Gasteiger partial charge is 0.322 e. The molecule has 0 saturated heterocycles. The first-order chi connectivity index (χ1) is 14.6. The van der Waals surface area contributed by atoms with E-state index in [0.29, 0.717) is 26.2 Å². The van der Waals surface area contributed by atoms with Crippen LogP contribution in [0.4, 0.5) is 10.5 Å². The monoisotopic (exact) mass is 425 g/mol. The molecule has 3 rings (SSSR count). The lowest BCUT2D eigenvalue weighted by molar-refractivity contribution is 0.152. The zero-order valence-electron chi connectivity index (χ0n) is 17.5. The quantitative estimate of drug-likeness (QED) is 0.496. The Labute approximate surface area is 183 Å². The summed E-state index contributed by atoms with van der Waals surface area (Å²) in [5, 5.41) is 3.74. The summed E-state index contributed by atoms with van der Waals surface area (Å²) in [6.07, 6.45) is 2.95. The van der Waals surface area contributed by atoms with Crippen molar-refractivity contribution < 1.29 is 9.53 Å². The second-order valence-corrected chi connectivity index (χ2v) is 7.59. The number of aromatic nitrogens is 1. The molecule has 1 heterocycles. The van der Waals surface area contributed by atoms with Crippen molar-refractivity contribution in [3.63, 3.8) is 0 Å². The molecule has 0 bridgehead atoms. The summed E-state index contributed by atoms with van der Waals surface area (Å²) in [7, 11) is 1.64. The van der Waals surface area contributed by atoms with Gasteiger partial charge in [0.05, 0.1) is 13.2 Å². The first kappa shape index (κ1) is 21.9. The molecule has 0 radical (unpaired) electrons. The van der Waals surface area contributed by atoms with E-state index in [1.165, 1.54) is 5.56 Å². The summed E-state index contributed by atoms with van der Waals surface area (Å²) in [6, 6.07) is 19.7. The highest BCUT2D eigenvalue weighted by atomic mass is 35.5. The number of hydrogen-bond acceptors (Lipinski definition) is 2. The summed E-state index contributed by atoms with van der Waals surface area (Å²) in [5.41, 5.74) is 4.15. The van der Waals surface area contributed by atoms with Crippen molar-refractivity contribution in [1.29, 1.82) is 0 Å². The number of ether oxygens (including phenoxy) is 1. The SMILES string of the molecule is CCc1cccc(NC(=O)N(CCOC)Cc2cccn2Cc2cccc(Cl)c2)c1. The molecule has 1 N–H and O–H groups in total. The molecule has 0 unspecified atom stereocenters. The maximum absolute atomic E-state index is 13.0. The molecule has 2 amide bonds. The van der Waals surface area contributed by atoms with Crippen molar-refractivity contribution in [3.8, 4) is 0 Å². The van der Waals surface area contributed by atoms with Crippen LogP contribution in [0.25, 0.3) is 0 Å². The Bertz CT molecular complexity index is 970. The third-order valence-electron chi connectivity index (χ3n) is 4.96. The largest absolute Gasteiger partial charge is 0.383 e. The molecule has 30 heavy (non-hydrogen) atoms. The molecule has 2 aromatic carbocycles. The zero-order chi connectivity index (χ0) is 21.3. The van der Waals surface area contributed by atoms with Crippen LogP contribution in [0.2, 0.25) is 5.02 Å². The minimum Gasteiger partial charge on any atom is -0.383 e. The molecule has 0 saturated carbocycles. The summed E-state index contributed by atoms with van der Waals surface area (Å²) < 4.78 is 7.36. The Hall–Kier alpha value is -2.76. The molecule has 1 aromatic heterocycles. The fraction of sp³-hybridized carbons (Fsp3) is 0.292. The van der Waals surface area contributed by atoms with E-state index < -0.39 is 0 Å². The number of hydrogen-bond donors (Lipinski definition) is 1. The number of nitrogens with one attached hydrogen (secondary N) is 1. The minimum atomic E-state index is -0.143. The first-order valence-electron chi connectivity index (χ1n) is 10.1. The van der Waals surface area contributed by atoms with Gasteiger partial charge in [0.1, 0.15) is 0 Å². The number of aryl methyl sites for hydroxylation is 1. The van der Waals surface area contributed by atoms with Crippen LogP contribution in [0.5, 0.6) is 0 Å². The Morgan fingerprint density at radius 3 is 2.67 bits per heavy atom. The van der Waals surface area contributed by atoms with Crippen LogP contribution in [0.1, 0.15) is 23.7 Å². The van der Waals surface area contributed by atoms with Crippen LogP contribution in [-0.4, -0.2) is 35.8 Å². The van der Waals surface area contributed by atoms with Crippen LogP contribution in [0.15, 0.2) is 66.9 Å². The Morgan fingerprint density at radius 1 is 1.10 bits per heavy atom. The molecular weight excluding hydrogens is 398 g/mol. The number of halogens is 1. The van der Waals surface area contributed by atoms with Gasteiger partial charge in [-0.15, -0.1) is 0 Å². The number of methoxy groups -OCH3 is 1. The molecule has 0 aliphatic heterocycles. The van der Waals surface area contributed by atoms with Crippen molar-refractivity contribution in [2.45, 2.75) is 26.4 Å². The molecule has 6 heteroatoms. The second kappa shape index (κ2) is 10.9. The van der Waals surface area contributed by atoms with Crippen molar-refractivity contribution in [2.75, 3.05) is 25.6 Å². The number of anilines is 1. The van der Waals surface area contributed by atoms with Gasteiger partial charge in [-0.1, -0.05) is 42.8 Å². The van der Waals surface area contributed by atoms with Gasteiger partial charge >= 0.3 is 6.03 Å². The average molecular weight is 426 g/mol. The highest BCUT2D eigenvalue weighted by Gasteiger charge is 2.16. The number of nitrogens with zero attached hydrogens (tertiary/aromatic N) is 2. The van der Waals surface area contributed by atoms with Crippen molar-refractivity contribution >= 4 is 23.3 Å². The molecule has 0 atom stereocenters. The standard InChI is InChI=1S/C24H28ClN3O2/c1-3-19-7-5-10-22(16-19)26-24(29)28(13-14-30-2)18-23-11-6-12-27(23)17-20-8-4-9-21(25)15-20/h4-12,15-16H,3,13-14,17-18H2,1-2H3,(H,26,29). The fourth-order valence-electron chi connectivity index (χ4n) is 3.30. The van der Waals surface area contributed by atoms with Crippen molar-refractivity contribution in [1.82, 2.24) is 9.47 Å². The van der Waals surface area contributed by atoms with E-state index in [1.807, 2.05) is 60.8 Å². The topological polar surface area (TPSA) is 46.5 Å². The van der Waals surface area contributed by atoms with Gasteiger partial charge in [-0.3, -0.25) is 0 Å².